The maximum absolute atomic E-state index is 11.6. The molecular formula is C15H26N2O5. The summed E-state index contributed by atoms with van der Waals surface area (Å²) in [6.45, 7) is 10.9. The lowest BCUT2D eigenvalue weighted by atomic mass is 10.2. The molecule has 22 heavy (non-hydrogen) atoms. The van der Waals surface area contributed by atoms with E-state index in [-0.39, 0.29) is 19.1 Å². The van der Waals surface area contributed by atoms with E-state index in [2.05, 4.69) is 11.5 Å². The average molecular weight is 314 g/mol. The summed E-state index contributed by atoms with van der Waals surface area (Å²) in [7, 11) is 1.35. The molecule has 0 aromatic rings. The first-order valence-corrected chi connectivity index (χ1v) is 7.51. The number of esters is 2. The Morgan fingerprint density at radius 3 is 2.55 bits per heavy atom. The molecule has 126 valence electrons. The second-order valence-corrected chi connectivity index (χ2v) is 5.06. The second kappa shape index (κ2) is 10.3. The van der Waals surface area contributed by atoms with Crippen LogP contribution in [0.25, 0.3) is 0 Å². The Morgan fingerprint density at radius 1 is 1.27 bits per heavy atom. The number of methoxy groups -OCH3 is 1. The molecule has 0 atom stereocenters. The van der Waals surface area contributed by atoms with Crippen molar-refractivity contribution in [2.24, 2.45) is 0 Å². The molecule has 1 rings (SSSR count). The van der Waals surface area contributed by atoms with Gasteiger partial charge >= 0.3 is 11.9 Å². The van der Waals surface area contributed by atoms with Crippen molar-refractivity contribution in [3.05, 3.63) is 12.2 Å². The number of hydrogen-bond acceptors (Lipinski definition) is 7. The summed E-state index contributed by atoms with van der Waals surface area (Å²) in [5.41, 5.74) is 0.340. The van der Waals surface area contributed by atoms with E-state index in [0.29, 0.717) is 18.7 Å². The van der Waals surface area contributed by atoms with E-state index in [4.69, 9.17) is 14.2 Å². The fourth-order valence-corrected chi connectivity index (χ4v) is 2.14. The van der Waals surface area contributed by atoms with Crippen molar-refractivity contribution in [2.75, 3.05) is 66.2 Å². The quantitative estimate of drug-likeness (QED) is 0.435. The van der Waals surface area contributed by atoms with Crippen molar-refractivity contribution in [3.63, 3.8) is 0 Å². The van der Waals surface area contributed by atoms with Crippen LogP contribution in [0.3, 0.4) is 0 Å². The predicted molar refractivity (Wildman–Crippen MR) is 81.5 cm³/mol. The van der Waals surface area contributed by atoms with Crippen LogP contribution in [0.1, 0.15) is 6.92 Å². The Hall–Kier alpha value is -1.44. The van der Waals surface area contributed by atoms with E-state index in [9.17, 15) is 9.59 Å². The van der Waals surface area contributed by atoms with Gasteiger partial charge in [0, 0.05) is 38.3 Å². The fourth-order valence-electron chi connectivity index (χ4n) is 2.14. The number of carbonyl (C=O) groups is 2. The van der Waals surface area contributed by atoms with Crippen molar-refractivity contribution < 1.29 is 23.8 Å². The Morgan fingerprint density at radius 2 is 1.95 bits per heavy atom. The highest BCUT2D eigenvalue weighted by Gasteiger charge is 2.18. The van der Waals surface area contributed by atoms with Gasteiger partial charge in [-0.3, -0.25) is 14.6 Å². The summed E-state index contributed by atoms with van der Waals surface area (Å²) in [6.07, 6.45) is 0. The summed E-state index contributed by atoms with van der Waals surface area (Å²) in [6, 6.07) is 0. The summed E-state index contributed by atoms with van der Waals surface area (Å²) in [4.78, 5) is 27.3. The van der Waals surface area contributed by atoms with Crippen LogP contribution >= 0.6 is 0 Å². The van der Waals surface area contributed by atoms with Crippen LogP contribution in [0.2, 0.25) is 0 Å². The summed E-state index contributed by atoms with van der Waals surface area (Å²) in [5, 5.41) is 0. The molecule has 1 aliphatic heterocycles. The molecule has 0 unspecified atom stereocenters. The van der Waals surface area contributed by atoms with Gasteiger partial charge in [0.2, 0.25) is 0 Å². The van der Waals surface area contributed by atoms with Gasteiger partial charge in [-0.25, -0.2) is 4.79 Å². The van der Waals surface area contributed by atoms with Crippen LogP contribution in [0, 0.1) is 0 Å². The highest BCUT2D eigenvalue weighted by atomic mass is 16.5. The van der Waals surface area contributed by atoms with Crippen LogP contribution in [-0.4, -0.2) is 87.9 Å². The van der Waals surface area contributed by atoms with E-state index in [1.807, 2.05) is 4.90 Å². The van der Waals surface area contributed by atoms with E-state index >= 15 is 0 Å². The molecule has 0 bridgehead atoms. The fraction of sp³-hybridized carbons (Fsp3) is 0.733. The first-order valence-electron chi connectivity index (χ1n) is 7.51. The minimum absolute atomic E-state index is 0.124. The standard InChI is InChI=1S/C15H26N2O5/c1-4-22-15(19)13(2)11-17(12-14(18)20-3)6-5-16-7-9-21-10-8-16/h2,4-12H2,1,3H3. The number of morpholine rings is 1. The molecule has 7 nitrogen and oxygen atoms in total. The van der Waals surface area contributed by atoms with E-state index in [0.717, 1.165) is 32.8 Å². The van der Waals surface area contributed by atoms with Gasteiger partial charge in [0.1, 0.15) is 0 Å². The van der Waals surface area contributed by atoms with Gasteiger partial charge in [0.15, 0.2) is 0 Å². The number of ether oxygens (including phenoxy) is 3. The topological polar surface area (TPSA) is 68.3 Å². The van der Waals surface area contributed by atoms with E-state index in [1.165, 1.54) is 7.11 Å². The minimum Gasteiger partial charge on any atom is -0.468 e. The lowest BCUT2D eigenvalue weighted by Gasteiger charge is -2.29. The van der Waals surface area contributed by atoms with Crippen molar-refractivity contribution >= 4 is 11.9 Å². The largest absolute Gasteiger partial charge is 0.468 e. The maximum Gasteiger partial charge on any atom is 0.334 e. The molecule has 0 spiro atoms. The van der Waals surface area contributed by atoms with Gasteiger partial charge in [0.25, 0.3) is 0 Å². The maximum atomic E-state index is 11.6. The summed E-state index contributed by atoms with van der Waals surface area (Å²) < 4.78 is 14.9. The third kappa shape index (κ3) is 7.02. The number of rotatable bonds is 9. The van der Waals surface area contributed by atoms with Crippen LogP contribution < -0.4 is 0 Å². The van der Waals surface area contributed by atoms with Crippen LogP contribution in [-0.2, 0) is 23.8 Å². The third-order valence-corrected chi connectivity index (χ3v) is 3.40. The van der Waals surface area contributed by atoms with Crippen molar-refractivity contribution in [2.45, 2.75) is 6.92 Å². The van der Waals surface area contributed by atoms with Gasteiger partial charge in [-0.1, -0.05) is 6.58 Å². The number of nitrogens with zero attached hydrogens (tertiary/aromatic N) is 2. The smallest absolute Gasteiger partial charge is 0.334 e. The molecule has 0 radical (unpaired) electrons. The Kier molecular flexibility index (Phi) is 8.72. The van der Waals surface area contributed by atoms with Gasteiger partial charge in [-0.2, -0.15) is 0 Å². The predicted octanol–water partition coefficient (Wildman–Crippen LogP) is -0.0871. The molecule has 1 heterocycles. The first-order chi connectivity index (χ1) is 10.6. The van der Waals surface area contributed by atoms with Gasteiger partial charge in [0.05, 0.1) is 33.5 Å². The van der Waals surface area contributed by atoms with E-state index < -0.39 is 5.97 Å². The highest BCUT2D eigenvalue weighted by molar-refractivity contribution is 5.88. The van der Waals surface area contributed by atoms with Crippen LogP contribution in [0.4, 0.5) is 0 Å². The average Bonchev–Trinajstić information content (AvgIpc) is 2.53. The van der Waals surface area contributed by atoms with Gasteiger partial charge in [-0.05, 0) is 6.92 Å². The number of hydrogen-bond donors (Lipinski definition) is 0. The van der Waals surface area contributed by atoms with Crippen LogP contribution in [0.5, 0.6) is 0 Å². The van der Waals surface area contributed by atoms with Crippen LogP contribution in [0.15, 0.2) is 12.2 Å². The molecular weight excluding hydrogens is 288 g/mol. The monoisotopic (exact) mass is 314 g/mol. The summed E-state index contributed by atoms with van der Waals surface area (Å²) in [5.74, 6) is -0.762. The third-order valence-electron chi connectivity index (χ3n) is 3.40. The number of carbonyl (C=O) groups excluding carboxylic acids is 2. The normalized spacial score (nSPS) is 15.6. The molecule has 0 aromatic heterocycles. The van der Waals surface area contributed by atoms with Gasteiger partial charge in [-0.15, -0.1) is 0 Å². The van der Waals surface area contributed by atoms with Crippen molar-refractivity contribution in [3.8, 4) is 0 Å². The molecule has 1 fully saturated rings. The molecule has 0 saturated carbocycles. The molecule has 7 heteroatoms. The molecule has 0 aromatic carbocycles. The molecule has 0 aliphatic carbocycles. The first kappa shape index (κ1) is 18.6. The SMILES string of the molecule is C=C(CN(CCN1CCOCC1)CC(=O)OC)C(=O)OCC. The van der Waals surface area contributed by atoms with Gasteiger partial charge < -0.3 is 14.2 Å². The van der Waals surface area contributed by atoms with Crippen molar-refractivity contribution in [1.29, 1.82) is 0 Å². The molecule has 0 amide bonds. The summed E-state index contributed by atoms with van der Waals surface area (Å²) >= 11 is 0. The molecule has 0 N–H and O–H groups in total. The lowest BCUT2D eigenvalue weighted by molar-refractivity contribution is -0.143. The zero-order valence-corrected chi connectivity index (χ0v) is 13.5. The Bertz CT molecular complexity index is 380. The highest BCUT2D eigenvalue weighted by Crippen LogP contribution is 2.03. The lowest BCUT2D eigenvalue weighted by Crippen LogP contribution is -2.43. The Labute approximate surface area is 131 Å². The van der Waals surface area contributed by atoms with E-state index in [1.54, 1.807) is 6.92 Å². The van der Waals surface area contributed by atoms with Crippen molar-refractivity contribution in [1.82, 2.24) is 9.80 Å². The molecule has 1 aliphatic rings. The zero-order chi connectivity index (χ0) is 16.4. The Balaban J connectivity index is 2.49. The second-order valence-electron chi connectivity index (χ2n) is 5.06. The minimum atomic E-state index is -0.427. The molecule has 1 saturated heterocycles. The zero-order valence-electron chi connectivity index (χ0n) is 13.5.